The maximum atomic E-state index is 12.4. The number of hydrogen-bond donors (Lipinski definition) is 0. The maximum Gasteiger partial charge on any atom is 0.415 e. The van der Waals surface area contributed by atoms with Crippen LogP contribution in [-0.2, 0) is 30.3 Å². The summed E-state index contributed by atoms with van der Waals surface area (Å²) < 4.78 is 21.3. The third-order valence-corrected chi connectivity index (χ3v) is 4.11. The van der Waals surface area contributed by atoms with E-state index in [2.05, 4.69) is 4.98 Å². The van der Waals surface area contributed by atoms with Crippen molar-refractivity contribution in [2.45, 2.75) is 39.2 Å². The highest BCUT2D eigenvalue weighted by Crippen LogP contribution is 2.25. The molecule has 0 N–H and O–H groups in total. The Hall–Kier alpha value is -2.23. The van der Waals surface area contributed by atoms with Gasteiger partial charge in [0.1, 0.15) is 23.7 Å². The van der Waals surface area contributed by atoms with Gasteiger partial charge in [0.25, 0.3) is 0 Å². The minimum atomic E-state index is -0.738. The molecule has 1 aliphatic heterocycles. The van der Waals surface area contributed by atoms with E-state index in [0.29, 0.717) is 31.2 Å². The van der Waals surface area contributed by atoms with Crippen LogP contribution in [-0.4, -0.2) is 68.5 Å². The first-order chi connectivity index (χ1) is 13.2. The van der Waals surface area contributed by atoms with Crippen LogP contribution in [0.4, 0.5) is 10.6 Å². The lowest BCUT2D eigenvalue weighted by Crippen LogP contribution is -2.41. The molecule has 1 aliphatic rings. The van der Waals surface area contributed by atoms with Gasteiger partial charge < -0.3 is 23.8 Å². The van der Waals surface area contributed by atoms with E-state index in [1.54, 1.807) is 38.8 Å². The molecule has 2 amide bonds. The molecule has 0 aliphatic carbocycles. The Morgan fingerprint density at radius 2 is 2.00 bits per heavy atom. The molecule has 28 heavy (non-hydrogen) atoms. The summed E-state index contributed by atoms with van der Waals surface area (Å²) in [4.78, 5) is 32.0. The number of methoxy groups -OCH3 is 2. The van der Waals surface area contributed by atoms with E-state index in [9.17, 15) is 9.59 Å². The molecule has 0 unspecified atom stereocenters. The van der Waals surface area contributed by atoms with Crippen molar-refractivity contribution in [2.24, 2.45) is 0 Å². The predicted octanol–water partition coefficient (Wildman–Crippen LogP) is 2.10. The predicted molar refractivity (Wildman–Crippen MR) is 102 cm³/mol. The van der Waals surface area contributed by atoms with Gasteiger partial charge in [-0.05, 0) is 32.4 Å². The number of nitrogens with zero attached hydrogens (tertiary/aromatic N) is 3. The van der Waals surface area contributed by atoms with E-state index in [-0.39, 0.29) is 12.5 Å². The van der Waals surface area contributed by atoms with Crippen LogP contribution in [0.3, 0.4) is 0 Å². The van der Waals surface area contributed by atoms with Crippen LogP contribution < -0.4 is 4.90 Å². The second-order valence-electron chi connectivity index (χ2n) is 7.42. The first kappa shape index (κ1) is 22.1. The molecule has 1 fully saturated rings. The van der Waals surface area contributed by atoms with Gasteiger partial charge in [-0.25, -0.2) is 9.78 Å². The van der Waals surface area contributed by atoms with Crippen molar-refractivity contribution in [2.75, 3.05) is 45.9 Å². The van der Waals surface area contributed by atoms with Gasteiger partial charge in [-0.15, -0.1) is 0 Å². The Kier molecular flexibility index (Phi) is 7.34. The van der Waals surface area contributed by atoms with E-state index < -0.39 is 18.0 Å². The van der Waals surface area contributed by atoms with Gasteiger partial charge in [0.2, 0.25) is 12.2 Å². The lowest BCUT2D eigenvalue weighted by Gasteiger charge is -2.29. The summed E-state index contributed by atoms with van der Waals surface area (Å²) in [5.41, 5.74) is 0.648. The van der Waals surface area contributed by atoms with Crippen LogP contribution in [0.2, 0.25) is 0 Å². The Bertz CT molecular complexity index is 699. The molecule has 2 heterocycles. The van der Waals surface area contributed by atoms with Gasteiger partial charge in [-0.1, -0.05) is 6.07 Å². The quantitative estimate of drug-likeness (QED) is 0.681. The molecule has 2 rings (SSSR count). The van der Waals surface area contributed by atoms with Crippen LogP contribution >= 0.6 is 0 Å². The Labute approximate surface area is 165 Å². The average Bonchev–Trinajstić information content (AvgIpc) is 2.63. The number of hydrogen-bond acceptors (Lipinski definition) is 7. The number of amides is 2. The molecular formula is C19H29N3O6. The molecule has 156 valence electrons. The monoisotopic (exact) mass is 395 g/mol. The number of aromatic nitrogens is 1. The largest absolute Gasteiger partial charge is 0.443 e. The fourth-order valence-electron chi connectivity index (χ4n) is 2.68. The summed E-state index contributed by atoms with van der Waals surface area (Å²) in [6.07, 6.45) is -1.26. The van der Waals surface area contributed by atoms with Crippen molar-refractivity contribution in [3.63, 3.8) is 0 Å². The molecule has 1 saturated heterocycles. The van der Waals surface area contributed by atoms with Gasteiger partial charge in [-0.2, -0.15) is 0 Å². The molecule has 0 spiro atoms. The summed E-state index contributed by atoms with van der Waals surface area (Å²) in [5, 5.41) is 0. The Morgan fingerprint density at radius 1 is 1.32 bits per heavy atom. The molecule has 1 aromatic heterocycles. The average molecular weight is 395 g/mol. The second kappa shape index (κ2) is 9.31. The summed E-state index contributed by atoms with van der Waals surface area (Å²) in [5.74, 6) is 0.305. The van der Waals surface area contributed by atoms with Crippen LogP contribution in [0.15, 0.2) is 12.1 Å². The molecule has 9 nitrogen and oxygen atoms in total. The van der Waals surface area contributed by atoms with Gasteiger partial charge >= 0.3 is 6.09 Å². The number of carbonyl (C=O) groups is 2. The summed E-state index contributed by atoms with van der Waals surface area (Å²) in [6, 6.07) is 3.52. The Morgan fingerprint density at radius 3 is 2.57 bits per heavy atom. The van der Waals surface area contributed by atoms with E-state index in [0.717, 1.165) is 5.56 Å². The third kappa shape index (κ3) is 5.63. The lowest BCUT2D eigenvalue weighted by molar-refractivity contribution is -0.143. The molecule has 0 radical (unpaired) electrons. The molecule has 0 aromatic carbocycles. The van der Waals surface area contributed by atoms with Gasteiger partial charge in [-0.3, -0.25) is 9.69 Å². The molecule has 0 bridgehead atoms. The van der Waals surface area contributed by atoms with E-state index in [1.807, 2.05) is 6.07 Å². The summed E-state index contributed by atoms with van der Waals surface area (Å²) >= 11 is 0. The summed E-state index contributed by atoms with van der Waals surface area (Å²) in [7, 11) is 4.59. The topological polar surface area (TPSA) is 90.4 Å². The van der Waals surface area contributed by atoms with E-state index in [4.69, 9.17) is 18.9 Å². The second-order valence-corrected chi connectivity index (χ2v) is 7.42. The lowest BCUT2D eigenvalue weighted by atomic mass is 10.1. The highest BCUT2D eigenvalue weighted by atomic mass is 16.7. The highest BCUT2D eigenvalue weighted by Gasteiger charge is 2.26. The first-order valence-electron chi connectivity index (χ1n) is 9.04. The van der Waals surface area contributed by atoms with Gasteiger partial charge in [0, 0.05) is 34.4 Å². The van der Waals surface area contributed by atoms with Crippen molar-refractivity contribution >= 4 is 17.8 Å². The van der Waals surface area contributed by atoms with Crippen LogP contribution in [0, 0.1) is 0 Å². The number of rotatable bonds is 6. The van der Waals surface area contributed by atoms with E-state index in [1.165, 1.54) is 19.1 Å². The van der Waals surface area contributed by atoms with Gasteiger partial charge in [0.15, 0.2) is 0 Å². The third-order valence-electron chi connectivity index (χ3n) is 4.11. The minimum absolute atomic E-state index is 0.0697. The molecule has 0 saturated carbocycles. The fourth-order valence-corrected chi connectivity index (χ4v) is 2.68. The Balaban J connectivity index is 2.31. The number of anilines is 1. The minimum Gasteiger partial charge on any atom is -0.443 e. The number of ether oxygens (including phenoxy) is 4. The van der Waals surface area contributed by atoms with Crippen LogP contribution in [0.25, 0.3) is 0 Å². The van der Waals surface area contributed by atoms with Crippen molar-refractivity contribution in [3.8, 4) is 0 Å². The highest BCUT2D eigenvalue weighted by molar-refractivity contribution is 5.86. The standard InChI is InChI=1S/C19H29N3O6/c1-19(2,3)28-18(24)21(4)14-8-7-13(16(20-14)17(25-5)26-6)11-22-9-10-27-12-15(22)23/h7-8,17H,9-12H2,1-6H3. The van der Waals surface area contributed by atoms with Crippen molar-refractivity contribution in [1.29, 1.82) is 0 Å². The number of carbonyl (C=O) groups excluding carboxylic acids is 2. The summed E-state index contributed by atoms with van der Waals surface area (Å²) in [6.45, 7) is 6.81. The van der Waals surface area contributed by atoms with Crippen molar-refractivity contribution in [1.82, 2.24) is 9.88 Å². The smallest absolute Gasteiger partial charge is 0.415 e. The number of morpholine rings is 1. The molecule has 0 atom stereocenters. The fraction of sp³-hybridized carbons (Fsp3) is 0.632. The molecular weight excluding hydrogens is 366 g/mol. The zero-order chi connectivity index (χ0) is 20.9. The molecule has 1 aromatic rings. The van der Waals surface area contributed by atoms with Crippen LogP contribution in [0.1, 0.15) is 38.3 Å². The zero-order valence-electron chi connectivity index (χ0n) is 17.4. The van der Waals surface area contributed by atoms with Gasteiger partial charge in [0.05, 0.1) is 6.61 Å². The van der Waals surface area contributed by atoms with E-state index >= 15 is 0 Å². The zero-order valence-corrected chi connectivity index (χ0v) is 17.4. The normalized spacial score (nSPS) is 15.1. The van der Waals surface area contributed by atoms with Crippen LogP contribution in [0.5, 0.6) is 0 Å². The first-order valence-corrected chi connectivity index (χ1v) is 9.04. The molecule has 9 heteroatoms. The van der Waals surface area contributed by atoms with Crippen molar-refractivity contribution in [3.05, 3.63) is 23.4 Å². The number of pyridine rings is 1. The SMILES string of the molecule is COC(OC)c1nc(N(C)C(=O)OC(C)(C)C)ccc1CN1CCOCC1=O. The van der Waals surface area contributed by atoms with Crippen molar-refractivity contribution < 1.29 is 28.5 Å². The maximum absolute atomic E-state index is 12.4.